The van der Waals surface area contributed by atoms with Crippen LogP contribution in [0.4, 0.5) is 11.5 Å². The number of ether oxygens (including phenoxy) is 1. The lowest BCUT2D eigenvalue weighted by Gasteiger charge is -2.39. The average molecular weight is 555 g/mol. The van der Waals surface area contributed by atoms with Gasteiger partial charge in [-0.05, 0) is 67.3 Å². The molecule has 2 aliphatic carbocycles. The molecule has 8 heteroatoms. The molecule has 0 radical (unpaired) electrons. The minimum absolute atomic E-state index is 0.0657. The molecule has 2 aromatic carbocycles. The van der Waals surface area contributed by atoms with Crippen molar-refractivity contribution in [3.63, 3.8) is 0 Å². The van der Waals surface area contributed by atoms with E-state index in [1.807, 2.05) is 6.07 Å². The van der Waals surface area contributed by atoms with Gasteiger partial charge >= 0.3 is 6.01 Å². The molecule has 1 N–H and O–H groups in total. The fourth-order valence-corrected chi connectivity index (χ4v) is 7.74. The number of nitriles is 1. The minimum atomic E-state index is 0.0657. The maximum absolute atomic E-state index is 9.32. The second-order valence-electron chi connectivity index (χ2n) is 11.8. The number of rotatable bonds is 5. The first-order valence-corrected chi connectivity index (χ1v) is 14.9. The molecule has 0 bridgehead atoms. The largest absolute Gasteiger partial charge is 0.461 e. The Morgan fingerprint density at radius 3 is 2.83 bits per heavy atom. The Bertz CT molecular complexity index is 1490. The molecule has 40 heavy (non-hydrogen) atoms. The Kier molecular flexibility index (Phi) is 6.56. The molecule has 1 spiro atoms. The Morgan fingerprint density at radius 1 is 1.12 bits per heavy atom. The highest BCUT2D eigenvalue weighted by molar-refractivity contribution is 6.31. The van der Waals surface area contributed by atoms with Gasteiger partial charge in [0.1, 0.15) is 12.4 Å². The number of nitrogens with one attached hydrogen (secondary N) is 1. The lowest BCUT2D eigenvalue weighted by molar-refractivity contribution is 0.263. The van der Waals surface area contributed by atoms with Crippen LogP contribution in [0.1, 0.15) is 47.2 Å². The van der Waals surface area contributed by atoms with Crippen LogP contribution in [-0.2, 0) is 31.1 Å². The van der Waals surface area contributed by atoms with Gasteiger partial charge in [0.2, 0.25) is 0 Å². The zero-order chi connectivity index (χ0) is 27.3. The first kappa shape index (κ1) is 25.6. The van der Waals surface area contributed by atoms with Crippen LogP contribution in [0.25, 0.3) is 0 Å². The molecule has 7 rings (SSSR count). The number of anilines is 2. The van der Waals surface area contributed by atoms with E-state index in [4.69, 9.17) is 26.3 Å². The van der Waals surface area contributed by atoms with Gasteiger partial charge in [0.15, 0.2) is 0 Å². The molecule has 3 atom stereocenters. The first-order chi connectivity index (χ1) is 19.5. The summed E-state index contributed by atoms with van der Waals surface area (Å²) in [6.07, 6.45) is 6.45. The topological polar surface area (TPSA) is 77.3 Å². The van der Waals surface area contributed by atoms with Gasteiger partial charge in [-0.25, -0.2) is 0 Å². The highest BCUT2D eigenvalue weighted by Gasteiger charge is 2.44. The van der Waals surface area contributed by atoms with Crippen LogP contribution in [0.3, 0.4) is 0 Å². The highest BCUT2D eigenvalue weighted by atomic mass is 35.5. The van der Waals surface area contributed by atoms with Gasteiger partial charge in [0.25, 0.3) is 0 Å². The summed E-state index contributed by atoms with van der Waals surface area (Å²) in [5, 5.41) is 13.7. The summed E-state index contributed by atoms with van der Waals surface area (Å²) in [5.74, 6) is 0.992. The molecular weight excluding hydrogens is 520 g/mol. The standard InChI is InChI=1S/C32H35ClN6O/c1-38-23(17-21-5-2-3-8-29(21)38)20-40-31-36-28-18-32(12-9-24-26(32)6-4-7-27(24)33)13-10-25(28)30(37-31)39-16-15-35-22(19-39)11-14-34/h2-8,22-23,35H,9-13,15-20H2,1H3/t22-,23-,32-/m0/s1. The van der Waals surface area contributed by atoms with Crippen LogP contribution in [0.2, 0.25) is 5.02 Å². The van der Waals surface area contributed by atoms with Crippen molar-refractivity contribution < 1.29 is 4.74 Å². The molecule has 0 saturated carbocycles. The van der Waals surface area contributed by atoms with E-state index in [2.05, 4.69) is 64.6 Å². The Labute approximate surface area is 241 Å². The van der Waals surface area contributed by atoms with Crippen LogP contribution in [0.5, 0.6) is 6.01 Å². The van der Waals surface area contributed by atoms with Crippen molar-refractivity contribution in [3.05, 3.63) is 75.4 Å². The zero-order valence-corrected chi connectivity index (χ0v) is 23.8. The van der Waals surface area contributed by atoms with E-state index < -0.39 is 0 Å². The van der Waals surface area contributed by atoms with Crippen molar-refractivity contribution in [1.82, 2.24) is 15.3 Å². The molecule has 3 aromatic rings. The molecule has 1 saturated heterocycles. The van der Waals surface area contributed by atoms with E-state index >= 15 is 0 Å². The lowest BCUT2D eigenvalue weighted by atomic mass is 9.69. The number of hydrogen-bond donors (Lipinski definition) is 1. The molecule has 4 aliphatic rings. The third-order valence-electron chi connectivity index (χ3n) is 9.63. The molecular formula is C32H35ClN6O. The summed E-state index contributed by atoms with van der Waals surface area (Å²) < 4.78 is 6.42. The van der Waals surface area contributed by atoms with Gasteiger partial charge in [-0.2, -0.15) is 15.2 Å². The Balaban J connectivity index is 1.20. The second-order valence-corrected chi connectivity index (χ2v) is 12.3. The number of aromatic nitrogens is 2. The van der Waals surface area contributed by atoms with Crippen molar-refractivity contribution in [1.29, 1.82) is 5.26 Å². The smallest absolute Gasteiger partial charge is 0.318 e. The molecule has 1 aromatic heterocycles. The maximum Gasteiger partial charge on any atom is 0.318 e. The number of piperazine rings is 1. The number of halogens is 1. The summed E-state index contributed by atoms with van der Waals surface area (Å²) >= 11 is 6.63. The summed E-state index contributed by atoms with van der Waals surface area (Å²) in [6.45, 7) is 2.99. The van der Waals surface area contributed by atoms with Gasteiger partial charge in [-0.15, -0.1) is 0 Å². The van der Waals surface area contributed by atoms with Crippen molar-refractivity contribution >= 4 is 23.1 Å². The van der Waals surface area contributed by atoms with E-state index in [0.717, 1.165) is 74.7 Å². The molecule has 7 nitrogen and oxygen atoms in total. The third kappa shape index (κ3) is 4.38. The highest BCUT2D eigenvalue weighted by Crippen LogP contribution is 2.50. The fraction of sp³-hybridized carbons (Fsp3) is 0.469. The fourth-order valence-electron chi connectivity index (χ4n) is 7.47. The van der Waals surface area contributed by atoms with Crippen LogP contribution in [0.15, 0.2) is 42.5 Å². The molecule has 0 unspecified atom stereocenters. The quantitative estimate of drug-likeness (QED) is 0.492. The van der Waals surface area contributed by atoms with Gasteiger partial charge < -0.3 is 19.9 Å². The number of para-hydroxylation sites is 1. The molecule has 206 valence electrons. The van der Waals surface area contributed by atoms with E-state index in [-0.39, 0.29) is 17.5 Å². The number of likely N-dealkylation sites (N-methyl/N-ethyl adjacent to an activating group) is 1. The van der Waals surface area contributed by atoms with Gasteiger partial charge in [0.05, 0.1) is 24.2 Å². The van der Waals surface area contributed by atoms with Crippen LogP contribution in [0, 0.1) is 11.3 Å². The molecule has 1 fully saturated rings. The molecule has 3 heterocycles. The second kappa shape index (κ2) is 10.2. The van der Waals surface area contributed by atoms with Crippen LogP contribution < -0.4 is 19.9 Å². The maximum atomic E-state index is 9.32. The zero-order valence-electron chi connectivity index (χ0n) is 23.0. The van der Waals surface area contributed by atoms with Gasteiger partial charge in [-0.3, -0.25) is 0 Å². The third-order valence-corrected chi connectivity index (χ3v) is 9.98. The van der Waals surface area contributed by atoms with E-state index in [1.54, 1.807) is 0 Å². The Morgan fingerprint density at radius 2 is 1.98 bits per heavy atom. The van der Waals surface area contributed by atoms with Crippen molar-refractivity contribution in [2.75, 3.05) is 43.1 Å². The predicted octanol–water partition coefficient (Wildman–Crippen LogP) is 4.63. The van der Waals surface area contributed by atoms with Crippen LogP contribution >= 0.6 is 11.6 Å². The SMILES string of the molecule is CN1c2ccccc2C[C@H]1COc1nc2c(c(N3CCN[C@@H](CC#N)C3)n1)CC[C@@]1(CCc3c(Cl)cccc31)C2. The number of benzene rings is 2. The number of hydrogen-bond acceptors (Lipinski definition) is 7. The van der Waals surface area contributed by atoms with Crippen molar-refractivity contribution in [3.8, 4) is 12.1 Å². The monoisotopic (exact) mass is 554 g/mol. The average Bonchev–Trinajstić information content (AvgIpc) is 3.49. The summed E-state index contributed by atoms with van der Waals surface area (Å²) in [7, 11) is 2.14. The van der Waals surface area contributed by atoms with E-state index in [0.29, 0.717) is 19.0 Å². The predicted molar refractivity (Wildman–Crippen MR) is 158 cm³/mol. The van der Waals surface area contributed by atoms with Crippen molar-refractivity contribution in [2.24, 2.45) is 0 Å². The van der Waals surface area contributed by atoms with E-state index in [1.165, 1.54) is 27.9 Å². The summed E-state index contributed by atoms with van der Waals surface area (Å²) in [4.78, 5) is 14.8. The number of nitrogens with zero attached hydrogens (tertiary/aromatic N) is 5. The summed E-state index contributed by atoms with van der Waals surface area (Å²) in [6, 6.07) is 18.1. The van der Waals surface area contributed by atoms with E-state index in [9.17, 15) is 5.26 Å². The van der Waals surface area contributed by atoms with Crippen LogP contribution in [-0.4, -0.2) is 55.3 Å². The number of fused-ring (bicyclic) bond motifs is 4. The normalized spacial score (nSPS) is 24.9. The lowest BCUT2D eigenvalue weighted by Crippen LogP contribution is -2.51. The molecule has 0 amide bonds. The van der Waals surface area contributed by atoms with Gasteiger partial charge in [0, 0.05) is 54.4 Å². The molecule has 2 aliphatic heterocycles. The minimum Gasteiger partial charge on any atom is -0.461 e. The van der Waals surface area contributed by atoms with Gasteiger partial charge in [-0.1, -0.05) is 41.9 Å². The van der Waals surface area contributed by atoms with Crippen molar-refractivity contribution in [2.45, 2.75) is 62.4 Å². The first-order valence-electron chi connectivity index (χ1n) is 14.5. The summed E-state index contributed by atoms with van der Waals surface area (Å²) in [5.41, 5.74) is 7.76. The Hall–Kier alpha value is -3.34.